The number of pyridine rings is 1. The molecule has 0 aliphatic carbocycles. The van der Waals surface area contributed by atoms with Gasteiger partial charge >= 0.3 is 5.97 Å². The number of carbonyl (C=O) groups is 1. The Morgan fingerprint density at radius 3 is 2.45 bits per heavy atom. The summed E-state index contributed by atoms with van der Waals surface area (Å²) in [6.45, 7) is 6.10. The number of benzene rings is 1. The molecule has 1 aromatic carbocycles. The lowest BCUT2D eigenvalue weighted by atomic mass is 10.0. The second kappa shape index (κ2) is 5.74. The van der Waals surface area contributed by atoms with Crippen molar-refractivity contribution in [2.24, 2.45) is 0 Å². The Morgan fingerprint density at radius 2 is 1.90 bits per heavy atom. The summed E-state index contributed by atoms with van der Waals surface area (Å²) in [6.07, 6.45) is 1.38. The lowest BCUT2D eigenvalue weighted by Crippen LogP contribution is -2.04. The first-order valence-electron chi connectivity index (χ1n) is 6.54. The number of carboxylic acid groups (broad SMARTS) is 1. The predicted molar refractivity (Wildman–Crippen MR) is 79.7 cm³/mol. The molecule has 4 nitrogen and oxygen atoms in total. The maximum atomic E-state index is 11.2. The number of aryl methyl sites for hydroxylation is 1. The zero-order valence-corrected chi connectivity index (χ0v) is 11.8. The summed E-state index contributed by atoms with van der Waals surface area (Å²) in [5.74, 6) is -0.513. The van der Waals surface area contributed by atoms with Crippen LogP contribution in [0.5, 0.6) is 0 Å². The van der Waals surface area contributed by atoms with Crippen LogP contribution in [-0.2, 0) is 0 Å². The third kappa shape index (κ3) is 3.15. The van der Waals surface area contributed by atoms with Gasteiger partial charge in [-0.05, 0) is 36.6 Å². The van der Waals surface area contributed by atoms with Gasteiger partial charge in [0.15, 0.2) is 0 Å². The Hall–Kier alpha value is -2.36. The highest BCUT2D eigenvalue weighted by Crippen LogP contribution is 2.23. The highest BCUT2D eigenvalue weighted by molar-refractivity contribution is 5.94. The summed E-state index contributed by atoms with van der Waals surface area (Å²) in [5.41, 5.74) is 3.62. The number of nitrogens with zero attached hydrogens (tertiary/aromatic N) is 1. The van der Waals surface area contributed by atoms with Crippen LogP contribution < -0.4 is 5.32 Å². The predicted octanol–water partition coefficient (Wildman–Crippen LogP) is 3.96. The topological polar surface area (TPSA) is 62.2 Å². The van der Waals surface area contributed by atoms with Crippen molar-refractivity contribution in [1.29, 1.82) is 0 Å². The minimum absolute atomic E-state index is 0.170. The largest absolute Gasteiger partial charge is 0.478 e. The molecule has 0 saturated heterocycles. The van der Waals surface area contributed by atoms with Crippen molar-refractivity contribution >= 4 is 17.3 Å². The number of aromatic carboxylic acids is 1. The Labute approximate surface area is 118 Å². The summed E-state index contributed by atoms with van der Waals surface area (Å²) in [4.78, 5) is 15.2. The molecule has 2 aromatic rings. The molecule has 0 unspecified atom stereocenters. The minimum Gasteiger partial charge on any atom is -0.478 e. The van der Waals surface area contributed by atoms with Crippen LogP contribution in [0, 0.1) is 6.92 Å². The molecule has 0 amide bonds. The van der Waals surface area contributed by atoms with E-state index in [1.165, 1.54) is 11.8 Å². The smallest absolute Gasteiger partial charge is 0.339 e. The standard InChI is InChI=1S/C16H18N2O2/c1-10(2)12-4-6-13(7-5-12)18-15-8-11(3)17-9-14(15)16(19)20/h4-10H,1-3H3,(H,17,18)(H,19,20). The number of nitrogens with one attached hydrogen (secondary N) is 1. The maximum Gasteiger partial charge on any atom is 0.339 e. The summed E-state index contributed by atoms with van der Waals surface area (Å²) < 4.78 is 0. The van der Waals surface area contributed by atoms with Gasteiger partial charge in [0.25, 0.3) is 0 Å². The van der Waals surface area contributed by atoms with E-state index in [0.717, 1.165) is 11.4 Å². The Morgan fingerprint density at radius 1 is 1.25 bits per heavy atom. The highest BCUT2D eigenvalue weighted by atomic mass is 16.4. The van der Waals surface area contributed by atoms with Crippen molar-refractivity contribution in [3.05, 3.63) is 53.3 Å². The number of rotatable bonds is 4. The van der Waals surface area contributed by atoms with E-state index in [0.29, 0.717) is 11.6 Å². The first kappa shape index (κ1) is 14.1. The average molecular weight is 270 g/mol. The van der Waals surface area contributed by atoms with Gasteiger partial charge in [0.2, 0.25) is 0 Å². The molecule has 0 fully saturated rings. The summed E-state index contributed by atoms with van der Waals surface area (Å²) in [7, 11) is 0. The Balaban J connectivity index is 2.29. The Bertz CT molecular complexity index is 619. The highest BCUT2D eigenvalue weighted by Gasteiger charge is 2.11. The van der Waals surface area contributed by atoms with E-state index in [9.17, 15) is 9.90 Å². The van der Waals surface area contributed by atoms with Gasteiger partial charge in [0.05, 0.1) is 5.69 Å². The van der Waals surface area contributed by atoms with Gasteiger partial charge in [0.1, 0.15) is 5.56 Å². The van der Waals surface area contributed by atoms with Crippen molar-refractivity contribution in [2.45, 2.75) is 26.7 Å². The van der Waals surface area contributed by atoms with Crippen LogP contribution >= 0.6 is 0 Å². The van der Waals surface area contributed by atoms with E-state index in [-0.39, 0.29) is 5.56 Å². The number of aromatic nitrogens is 1. The minimum atomic E-state index is -0.987. The Kier molecular flexibility index (Phi) is 4.03. The molecule has 2 rings (SSSR count). The molecule has 0 aliphatic rings. The summed E-state index contributed by atoms with van der Waals surface area (Å²) in [6, 6.07) is 9.73. The number of hydrogen-bond acceptors (Lipinski definition) is 3. The van der Waals surface area contributed by atoms with Crippen molar-refractivity contribution in [2.75, 3.05) is 5.32 Å². The van der Waals surface area contributed by atoms with Crippen LogP contribution in [0.3, 0.4) is 0 Å². The first-order chi connectivity index (χ1) is 9.47. The number of anilines is 2. The van der Waals surface area contributed by atoms with Crippen molar-refractivity contribution in [3.63, 3.8) is 0 Å². The second-order valence-corrected chi connectivity index (χ2v) is 5.08. The molecule has 0 saturated carbocycles. The van der Waals surface area contributed by atoms with Crippen LogP contribution in [0.2, 0.25) is 0 Å². The van der Waals surface area contributed by atoms with E-state index in [2.05, 4.69) is 24.1 Å². The van der Waals surface area contributed by atoms with Crippen LogP contribution in [0.25, 0.3) is 0 Å². The first-order valence-corrected chi connectivity index (χ1v) is 6.54. The fraction of sp³-hybridized carbons (Fsp3) is 0.250. The van der Waals surface area contributed by atoms with Crippen LogP contribution in [0.1, 0.15) is 41.4 Å². The molecule has 104 valence electrons. The van der Waals surface area contributed by atoms with Gasteiger partial charge in [-0.3, -0.25) is 4.98 Å². The van der Waals surface area contributed by atoms with Gasteiger partial charge in [-0.15, -0.1) is 0 Å². The van der Waals surface area contributed by atoms with Crippen molar-refractivity contribution in [1.82, 2.24) is 4.98 Å². The van der Waals surface area contributed by atoms with Gasteiger partial charge in [-0.25, -0.2) is 4.79 Å². The zero-order chi connectivity index (χ0) is 14.7. The van der Waals surface area contributed by atoms with E-state index < -0.39 is 5.97 Å². The lowest BCUT2D eigenvalue weighted by Gasteiger charge is -2.11. The fourth-order valence-corrected chi connectivity index (χ4v) is 1.94. The molecule has 1 aromatic heterocycles. The van der Waals surface area contributed by atoms with Crippen molar-refractivity contribution in [3.8, 4) is 0 Å². The SMILES string of the molecule is Cc1cc(Nc2ccc(C(C)C)cc2)c(C(=O)O)cn1. The summed E-state index contributed by atoms with van der Waals surface area (Å²) >= 11 is 0. The number of carboxylic acids is 1. The fourth-order valence-electron chi connectivity index (χ4n) is 1.94. The van der Waals surface area contributed by atoms with Crippen LogP contribution in [0.4, 0.5) is 11.4 Å². The molecule has 0 bridgehead atoms. The van der Waals surface area contributed by atoms with Gasteiger partial charge < -0.3 is 10.4 Å². The summed E-state index contributed by atoms with van der Waals surface area (Å²) in [5, 5.41) is 12.3. The van der Waals surface area contributed by atoms with Gasteiger partial charge in [-0.1, -0.05) is 26.0 Å². The van der Waals surface area contributed by atoms with Crippen LogP contribution in [0.15, 0.2) is 36.5 Å². The van der Waals surface area contributed by atoms with Gasteiger partial charge in [-0.2, -0.15) is 0 Å². The normalized spacial score (nSPS) is 10.6. The molecule has 0 atom stereocenters. The third-order valence-corrected chi connectivity index (χ3v) is 3.13. The monoisotopic (exact) mass is 270 g/mol. The molecule has 0 spiro atoms. The molecule has 0 aliphatic heterocycles. The van der Waals surface area contributed by atoms with Crippen LogP contribution in [-0.4, -0.2) is 16.1 Å². The van der Waals surface area contributed by atoms with E-state index in [4.69, 9.17) is 0 Å². The number of hydrogen-bond donors (Lipinski definition) is 2. The third-order valence-electron chi connectivity index (χ3n) is 3.13. The van der Waals surface area contributed by atoms with E-state index in [1.807, 2.05) is 31.2 Å². The molecule has 4 heteroatoms. The molecule has 0 radical (unpaired) electrons. The maximum absolute atomic E-state index is 11.2. The second-order valence-electron chi connectivity index (χ2n) is 5.08. The molecular formula is C16H18N2O2. The molecule has 1 heterocycles. The average Bonchev–Trinajstić information content (AvgIpc) is 2.39. The molecule has 20 heavy (non-hydrogen) atoms. The van der Waals surface area contributed by atoms with E-state index in [1.54, 1.807) is 6.07 Å². The van der Waals surface area contributed by atoms with E-state index >= 15 is 0 Å². The molecular weight excluding hydrogens is 252 g/mol. The zero-order valence-electron chi connectivity index (χ0n) is 11.8. The van der Waals surface area contributed by atoms with Gasteiger partial charge in [0, 0.05) is 17.6 Å². The van der Waals surface area contributed by atoms with Crippen molar-refractivity contribution < 1.29 is 9.90 Å². The quantitative estimate of drug-likeness (QED) is 0.882. The lowest BCUT2D eigenvalue weighted by molar-refractivity contribution is 0.0697. The molecule has 2 N–H and O–H groups in total.